The van der Waals surface area contributed by atoms with Crippen molar-refractivity contribution >= 4 is 35.5 Å². The van der Waals surface area contributed by atoms with Gasteiger partial charge in [-0.1, -0.05) is 109 Å². The van der Waals surface area contributed by atoms with Crippen molar-refractivity contribution in [3.8, 4) is 0 Å². The van der Waals surface area contributed by atoms with Gasteiger partial charge >= 0.3 is 5.97 Å². The molecule has 0 unspecified atom stereocenters. The maximum absolute atomic E-state index is 13.1. The summed E-state index contributed by atoms with van der Waals surface area (Å²) in [6.45, 7) is 3.14. The van der Waals surface area contributed by atoms with E-state index in [4.69, 9.17) is 4.74 Å². The molecule has 3 aromatic carbocycles. The second-order valence-corrected chi connectivity index (χ2v) is 13.0. The van der Waals surface area contributed by atoms with Crippen molar-refractivity contribution in [3.63, 3.8) is 0 Å². The van der Waals surface area contributed by atoms with Gasteiger partial charge in [0.1, 0.15) is 23.5 Å². The van der Waals surface area contributed by atoms with Crippen molar-refractivity contribution in [1.29, 1.82) is 0 Å². The van der Waals surface area contributed by atoms with Crippen molar-refractivity contribution in [1.82, 2.24) is 20.9 Å². The molecule has 4 aromatic rings. The molecule has 1 aromatic heterocycles. The fourth-order valence-corrected chi connectivity index (χ4v) is 7.09. The normalized spacial score (nSPS) is 18.6. The molecular weight excluding hydrogens is 649 g/mol. The highest BCUT2D eigenvalue weighted by molar-refractivity contribution is 8.00. The van der Waals surface area contributed by atoms with Gasteiger partial charge in [-0.3, -0.25) is 14.4 Å². The number of hydrogen-bond acceptors (Lipinski definition) is 7. The number of allylic oxidation sites excluding steroid dienone is 2. The minimum absolute atomic E-state index is 0.0335. The Morgan fingerprint density at radius 1 is 0.820 bits per heavy atom. The van der Waals surface area contributed by atoms with Crippen molar-refractivity contribution in [3.05, 3.63) is 161 Å². The number of nitrogens with zero attached hydrogens (tertiary/aromatic N) is 1. The van der Waals surface area contributed by atoms with Crippen LogP contribution in [-0.2, 0) is 30.4 Å². The van der Waals surface area contributed by atoms with Gasteiger partial charge in [0.05, 0.1) is 23.4 Å². The van der Waals surface area contributed by atoms with Gasteiger partial charge in [0.25, 0.3) is 11.8 Å². The molecule has 0 radical (unpaired) electrons. The van der Waals surface area contributed by atoms with Gasteiger partial charge in [0.15, 0.2) is 0 Å². The summed E-state index contributed by atoms with van der Waals surface area (Å²) in [5.41, 5.74) is 3.98. The molecule has 1 aliphatic rings. The van der Waals surface area contributed by atoms with Crippen LogP contribution < -0.4 is 16.0 Å². The van der Waals surface area contributed by atoms with Crippen LogP contribution in [0.15, 0.2) is 133 Å². The zero-order valence-electron chi connectivity index (χ0n) is 28.0. The Hall–Kier alpha value is -5.48. The van der Waals surface area contributed by atoms with Crippen LogP contribution in [0.4, 0.5) is 0 Å². The topological polar surface area (TPSA) is 126 Å². The molecule has 3 N–H and O–H groups in total. The van der Waals surface area contributed by atoms with Crippen LogP contribution in [0.5, 0.6) is 0 Å². The number of rotatable bonds is 8. The number of amides is 3. The minimum atomic E-state index is -1.05. The summed E-state index contributed by atoms with van der Waals surface area (Å²) in [4.78, 5) is 56.2. The van der Waals surface area contributed by atoms with E-state index in [9.17, 15) is 19.2 Å². The largest absolute Gasteiger partial charge is 0.456 e. The van der Waals surface area contributed by atoms with E-state index >= 15 is 0 Å². The number of fused-ring (bicyclic) bond motifs is 2. The molecular formula is C40H40N4O5S. The van der Waals surface area contributed by atoms with Crippen LogP contribution >= 0.6 is 11.8 Å². The quantitative estimate of drug-likeness (QED) is 0.0700. The van der Waals surface area contributed by atoms with Crippen molar-refractivity contribution in [2.24, 2.45) is 0 Å². The molecule has 1 aliphatic heterocycles. The molecule has 256 valence electrons. The molecule has 2 heterocycles. The average Bonchev–Trinajstić information content (AvgIpc) is 3.15. The fraction of sp³-hybridized carbons (Fsp3) is 0.225. The van der Waals surface area contributed by atoms with Gasteiger partial charge in [0.2, 0.25) is 5.91 Å². The fourth-order valence-electron chi connectivity index (χ4n) is 5.63. The zero-order valence-corrected chi connectivity index (χ0v) is 28.8. The molecule has 0 saturated carbocycles. The minimum Gasteiger partial charge on any atom is -0.456 e. The number of aromatic nitrogens is 1. The molecule has 0 spiro atoms. The first kappa shape index (κ1) is 35.8. The number of carbonyl (C=O) groups is 4. The first-order valence-corrected chi connectivity index (χ1v) is 17.5. The maximum Gasteiger partial charge on any atom is 0.328 e. The van der Waals surface area contributed by atoms with Crippen LogP contribution in [0.25, 0.3) is 0 Å². The number of esters is 1. The van der Waals surface area contributed by atoms with Crippen LogP contribution in [-0.4, -0.2) is 46.6 Å². The van der Waals surface area contributed by atoms with E-state index in [0.29, 0.717) is 17.9 Å². The van der Waals surface area contributed by atoms with Gasteiger partial charge in [0, 0.05) is 0 Å². The molecule has 3 amide bonds. The van der Waals surface area contributed by atoms with Gasteiger partial charge in [-0.2, -0.15) is 0 Å². The van der Waals surface area contributed by atoms with E-state index in [1.165, 1.54) is 19.1 Å². The molecule has 5 rings (SSSR count). The van der Waals surface area contributed by atoms with E-state index in [0.717, 1.165) is 16.7 Å². The van der Waals surface area contributed by atoms with Gasteiger partial charge in [-0.05, 0) is 60.9 Å². The predicted octanol–water partition coefficient (Wildman–Crippen LogP) is 5.82. The summed E-state index contributed by atoms with van der Waals surface area (Å²) in [5, 5.41) is 7.91. The van der Waals surface area contributed by atoms with E-state index < -0.39 is 34.7 Å². The third-order valence-electron chi connectivity index (χ3n) is 8.14. The maximum atomic E-state index is 13.1. The standard InChI is InChI=1S/C40H40N4O5S/c1-3-34-37(46)42-28(2)39(48)49-33(26-36(45)41-27-32-22-15-24-35(43-32)38(47)44-34)23-13-14-25-50-40(29-16-7-4-8-17-29,30-18-9-5-10-19-30)31-20-11-6-12-21-31/h3-13,15-24,28,33H,14,25-27H2,1-2H3,(H,41,45)(H,42,46)(H,44,47)/b23-13+,34-3-/t28-,33+/m0/s1. The third-order valence-corrected chi connectivity index (χ3v) is 9.72. The Balaban J connectivity index is 1.35. The highest BCUT2D eigenvalue weighted by atomic mass is 32.2. The Labute approximate surface area is 296 Å². The third kappa shape index (κ3) is 8.95. The van der Waals surface area contributed by atoms with Crippen molar-refractivity contribution < 1.29 is 23.9 Å². The van der Waals surface area contributed by atoms with E-state index in [-0.39, 0.29) is 30.3 Å². The van der Waals surface area contributed by atoms with Crippen molar-refractivity contribution in [2.45, 2.75) is 50.1 Å². The second kappa shape index (κ2) is 17.3. The lowest BCUT2D eigenvalue weighted by Gasteiger charge is -2.35. The molecule has 2 atom stereocenters. The zero-order chi connectivity index (χ0) is 35.3. The molecule has 10 heteroatoms. The SMILES string of the molecule is C/C=C1\NC(=O)c2cccc(n2)CNC(=O)C[C@@H](/C=C/CCSC(c2ccccc2)(c2ccccc2)c2ccccc2)OC(=O)[C@H](C)NC1=O. The number of hydrogen-bond donors (Lipinski definition) is 3. The monoisotopic (exact) mass is 688 g/mol. The number of thioether (sulfide) groups is 1. The van der Waals surface area contributed by atoms with Gasteiger partial charge < -0.3 is 20.7 Å². The highest BCUT2D eigenvalue weighted by Crippen LogP contribution is 2.48. The Kier molecular flexibility index (Phi) is 12.4. The summed E-state index contributed by atoms with van der Waals surface area (Å²) in [6, 6.07) is 35.1. The summed E-state index contributed by atoms with van der Waals surface area (Å²) in [6.07, 6.45) is 4.68. The molecule has 2 bridgehead atoms. The average molecular weight is 689 g/mol. The summed E-state index contributed by atoms with van der Waals surface area (Å²) in [5.74, 6) is -1.62. The van der Waals surface area contributed by atoms with Crippen LogP contribution in [0.3, 0.4) is 0 Å². The van der Waals surface area contributed by atoms with E-state index in [1.807, 2.05) is 36.0 Å². The second-order valence-electron chi connectivity index (χ2n) is 11.7. The Bertz CT molecular complexity index is 1750. The smallest absolute Gasteiger partial charge is 0.328 e. The number of benzene rings is 3. The Morgan fingerprint density at radius 2 is 1.42 bits per heavy atom. The van der Waals surface area contributed by atoms with E-state index in [2.05, 4.69) is 93.7 Å². The Morgan fingerprint density at radius 3 is 2.00 bits per heavy atom. The summed E-state index contributed by atoms with van der Waals surface area (Å²) >= 11 is 1.81. The lowest BCUT2D eigenvalue weighted by atomic mass is 9.84. The number of cyclic esters (lactones) is 1. The van der Waals surface area contributed by atoms with Crippen LogP contribution in [0, 0.1) is 0 Å². The number of nitrogens with one attached hydrogen (secondary N) is 3. The molecule has 0 saturated heterocycles. The lowest BCUT2D eigenvalue weighted by Crippen LogP contribution is -2.44. The summed E-state index contributed by atoms with van der Waals surface area (Å²) in [7, 11) is 0. The summed E-state index contributed by atoms with van der Waals surface area (Å²) < 4.78 is 5.26. The molecule has 50 heavy (non-hydrogen) atoms. The first-order chi connectivity index (χ1) is 24.3. The molecule has 0 aliphatic carbocycles. The number of ether oxygens (including phenoxy) is 1. The number of pyridine rings is 1. The van der Waals surface area contributed by atoms with Gasteiger partial charge in [-0.25, -0.2) is 9.78 Å². The van der Waals surface area contributed by atoms with E-state index in [1.54, 1.807) is 25.1 Å². The van der Waals surface area contributed by atoms with Gasteiger partial charge in [-0.15, -0.1) is 11.8 Å². The molecule has 9 nitrogen and oxygen atoms in total. The lowest BCUT2D eigenvalue weighted by molar-refractivity contribution is -0.151. The highest BCUT2D eigenvalue weighted by Gasteiger charge is 2.36. The predicted molar refractivity (Wildman–Crippen MR) is 195 cm³/mol. The molecule has 0 fully saturated rings. The number of carbonyl (C=O) groups excluding carboxylic acids is 4. The van der Waals surface area contributed by atoms with Crippen LogP contribution in [0.1, 0.15) is 59.6 Å². The van der Waals surface area contributed by atoms with Crippen LogP contribution in [0.2, 0.25) is 0 Å². The van der Waals surface area contributed by atoms with Crippen molar-refractivity contribution in [2.75, 3.05) is 5.75 Å². The first-order valence-electron chi connectivity index (χ1n) is 16.5.